The van der Waals surface area contributed by atoms with Crippen molar-refractivity contribution in [3.05, 3.63) is 18.6 Å². The number of thioether (sulfide) groups is 1. The molecule has 1 aromatic heterocycles. The Bertz CT molecular complexity index is 453. The van der Waals surface area contributed by atoms with Crippen LogP contribution in [0.1, 0.15) is 39.0 Å². The minimum atomic E-state index is -0.548. The van der Waals surface area contributed by atoms with Gasteiger partial charge >= 0.3 is 5.97 Å². The van der Waals surface area contributed by atoms with Crippen LogP contribution in [-0.4, -0.2) is 40.4 Å². The second-order valence-electron chi connectivity index (χ2n) is 5.59. The van der Waals surface area contributed by atoms with E-state index >= 15 is 0 Å². The number of unbranched alkanes of at least 4 members (excludes halogenated alkanes) is 1. The summed E-state index contributed by atoms with van der Waals surface area (Å²) in [7, 11) is 1.46. The topological polar surface area (TPSA) is 64.1 Å². The number of carbonyl (C=O) groups excluding carboxylic acids is 1. The normalized spacial score (nSPS) is 17.2. The van der Waals surface area contributed by atoms with E-state index in [9.17, 15) is 4.79 Å². The second-order valence-corrected chi connectivity index (χ2v) is 6.71. The predicted molar refractivity (Wildman–Crippen MR) is 83.2 cm³/mol. The Balaban J connectivity index is 1.70. The molecule has 1 aliphatic rings. The van der Waals surface area contributed by atoms with Crippen LogP contribution in [0.2, 0.25) is 0 Å². The van der Waals surface area contributed by atoms with Crippen molar-refractivity contribution in [3.63, 3.8) is 0 Å². The Hall–Kier alpha value is -1.14. The summed E-state index contributed by atoms with van der Waals surface area (Å²) in [6, 6.07) is 0.489. The molecule has 21 heavy (non-hydrogen) atoms. The first-order chi connectivity index (χ1) is 10.1. The van der Waals surface area contributed by atoms with E-state index in [-0.39, 0.29) is 5.97 Å². The smallest absolute Gasteiger partial charge is 0.325 e. The van der Waals surface area contributed by atoms with Gasteiger partial charge in [0.1, 0.15) is 10.6 Å². The summed E-state index contributed by atoms with van der Waals surface area (Å²) in [6.45, 7) is 1.95. The lowest BCUT2D eigenvalue weighted by Gasteiger charge is -2.28. The van der Waals surface area contributed by atoms with E-state index in [1.165, 1.54) is 7.11 Å². The summed E-state index contributed by atoms with van der Waals surface area (Å²) in [6.07, 6.45) is 10.3. The predicted octanol–water partition coefficient (Wildman–Crippen LogP) is 2.42. The minimum Gasteiger partial charge on any atom is -0.468 e. The van der Waals surface area contributed by atoms with Crippen molar-refractivity contribution in [2.75, 3.05) is 12.9 Å². The molecule has 0 amide bonds. The Morgan fingerprint density at radius 3 is 2.90 bits per heavy atom. The Morgan fingerprint density at radius 2 is 2.29 bits per heavy atom. The van der Waals surface area contributed by atoms with Gasteiger partial charge in [0.15, 0.2) is 0 Å². The number of hydrogen-bond donors (Lipinski definition) is 1. The van der Waals surface area contributed by atoms with Crippen LogP contribution in [-0.2, 0) is 9.53 Å². The van der Waals surface area contributed by atoms with Gasteiger partial charge in [0, 0.05) is 18.4 Å². The molecule has 5 nitrogen and oxygen atoms in total. The van der Waals surface area contributed by atoms with E-state index in [0.717, 1.165) is 42.9 Å². The van der Waals surface area contributed by atoms with Crippen molar-refractivity contribution in [1.82, 2.24) is 15.3 Å². The summed E-state index contributed by atoms with van der Waals surface area (Å²) in [4.78, 5) is 20.2. The highest BCUT2D eigenvalue weighted by atomic mass is 32.2. The van der Waals surface area contributed by atoms with Crippen molar-refractivity contribution in [2.45, 2.75) is 55.6 Å². The lowest BCUT2D eigenvalue weighted by molar-refractivity contribution is -0.148. The van der Waals surface area contributed by atoms with Gasteiger partial charge in [0.05, 0.1) is 13.3 Å². The molecule has 1 N–H and O–H groups in total. The lowest BCUT2D eigenvalue weighted by Crippen LogP contribution is -2.51. The summed E-state index contributed by atoms with van der Waals surface area (Å²) < 4.78 is 4.95. The molecule has 1 aliphatic carbocycles. The molecule has 1 heterocycles. The number of carbonyl (C=O) groups is 1. The first-order valence-corrected chi connectivity index (χ1v) is 8.37. The standard InChI is InChI=1S/C15H23N3O2S/c1-15(14(19)20-2,18-12-5-6-12)7-3-4-10-21-13-11-16-8-9-17-13/h8-9,11-12,18H,3-7,10H2,1-2H3. The van der Waals surface area contributed by atoms with Gasteiger partial charge in [0.2, 0.25) is 0 Å². The summed E-state index contributed by atoms with van der Waals surface area (Å²) in [5.41, 5.74) is -0.548. The van der Waals surface area contributed by atoms with Crippen LogP contribution in [0.4, 0.5) is 0 Å². The molecule has 0 radical (unpaired) electrons. The van der Waals surface area contributed by atoms with E-state index in [1.54, 1.807) is 30.4 Å². The molecule has 1 fully saturated rings. The number of esters is 1. The molecule has 6 heteroatoms. The number of methoxy groups -OCH3 is 1. The van der Waals surface area contributed by atoms with E-state index < -0.39 is 5.54 Å². The van der Waals surface area contributed by atoms with E-state index in [0.29, 0.717) is 6.04 Å². The Kier molecular flexibility index (Phi) is 5.99. The van der Waals surface area contributed by atoms with Gasteiger partial charge in [-0.25, -0.2) is 4.98 Å². The average molecular weight is 309 g/mol. The SMILES string of the molecule is COC(=O)C(C)(CCCCSc1cnccn1)NC1CC1. The summed E-state index contributed by atoms with van der Waals surface area (Å²) in [5.74, 6) is 0.829. The number of nitrogens with zero attached hydrogens (tertiary/aromatic N) is 2. The maximum atomic E-state index is 12.0. The van der Waals surface area contributed by atoms with Crippen molar-refractivity contribution in [2.24, 2.45) is 0 Å². The van der Waals surface area contributed by atoms with Crippen LogP contribution in [0, 0.1) is 0 Å². The van der Waals surface area contributed by atoms with Gasteiger partial charge in [-0.3, -0.25) is 15.1 Å². The minimum absolute atomic E-state index is 0.157. The van der Waals surface area contributed by atoms with Crippen LogP contribution in [0.25, 0.3) is 0 Å². The van der Waals surface area contributed by atoms with Crippen molar-refractivity contribution in [1.29, 1.82) is 0 Å². The lowest BCUT2D eigenvalue weighted by atomic mass is 9.95. The molecule has 2 rings (SSSR count). The molecule has 1 atom stereocenters. The molecule has 0 spiro atoms. The van der Waals surface area contributed by atoms with Crippen molar-refractivity contribution in [3.8, 4) is 0 Å². The third-order valence-electron chi connectivity index (χ3n) is 3.60. The second kappa shape index (κ2) is 7.75. The molecule has 0 bridgehead atoms. The Labute approximate surface area is 130 Å². The number of hydrogen-bond acceptors (Lipinski definition) is 6. The van der Waals surface area contributed by atoms with Crippen LogP contribution in [0.3, 0.4) is 0 Å². The number of aromatic nitrogens is 2. The fraction of sp³-hybridized carbons (Fsp3) is 0.667. The molecular formula is C15H23N3O2S. The van der Waals surface area contributed by atoms with E-state index in [1.807, 2.05) is 6.92 Å². The van der Waals surface area contributed by atoms with Crippen molar-refractivity contribution < 1.29 is 9.53 Å². The molecule has 116 valence electrons. The maximum Gasteiger partial charge on any atom is 0.325 e. The first-order valence-electron chi connectivity index (χ1n) is 7.39. The number of nitrogens with one attached hydrogen (secondary N) is 1. The molecule has 0 aromatic carbocycles. The molecule has 0 saturated heterocycles. The zero-order valence-electron chi connectivity index (χ0n) is 12.7. The van der Waals surface area contributed by atoms with Gasteiger partial charge in [-0.1, -0.05) is 6.42 Å². The number of rotatable bonds is 9. The van der Waals surface area contributed by atoms with Gasteiger partial charge < -0.3 is 4.74 Å². The monoisotopic (exact) mass is 309 g/mol. The zero-order chi connectivity index (χ0) is 15.1. The van der Waals surface area contributed by atoms with Crippen molar-refractivity contribution >= 4 is 17.7 Å². The highest BCUT2D eigenvalue weighted by Gasteiger charge is 2.38. The third kappa shape index (κ3) is 5.28. The van der Waals surface area contributed by atoms with E-state index in [2.05, 4.69) is 15.3 Å². The maximum absolute atomic E-state index is 12.0. The van der Waals surface area contributed by atoms with Gasteiger partial charge in [-0.2, -0.15) is 0 Å². The van der Waals surface area contributed by atoms with Gasteiger partial charge in [-0.05, 0) is 38.4 Å². The molecular weight excluding hydrogens is 286 g/mol. The van der Waals surface area contributed by atoms with Gasteiger partial charge in [0.25, 0.3) is 0 Å². The highest BCUT2D eigenvalue weighted by molar-refractivity contribution is 7.99. The summed E-state index contributed by atoms with van der Waals surface area (Å²) in [5, 5.41) is 4.37. The molecule has 0 aliphatic heterocycles. The van der Waals surface area contributed by atoms with E-state index in [4.69, 9.17) is 4.74 Å². The average Bonchev–Trinajstić information content (AvgIpc) is 3.31. The fourth-order valence-corrected chi connectivity index (χ4v) is 3.08. The fourth-order valence-electron chi connectivity index (χ4n) is 2.25. The molecule has 1 unspecified atom stereocenters. The number of ether oxygens (including phenoxy) is 1. The largest absolute Gasteiger partial charge is 0.468 e. The third-order valence-corrected chi connectivity index (χ3v) is 4.60. The highest BCUT2D eigenvalue weighted by Crippen LogP contribution is 2.26. The van der Waals surface area contributed by atoms with Crippen LogP contribution >= 0.6 is 11.8 Å². The van der Waals surface area contributed by atoms with Crippen LogP contribution in [0.15, 0.2) is 23.6 Å². The first kappa shape index (κ1) is 16.2. The molecule has 1 aromatic rings. The quantitative estimate of drug-likeness (QED) is 0.429. The molecule has 1 saturated carbocycles. The Morgan fingerprint density at radius 1 is 1.48 bits per heavy atom. The van der Waals surface area contributed by atoms with Crippen LogP contribution < -0.4 is 5.32 Å². The van der Waals surface area contributed by atoms with Crippen LogP contribution in [0.5, 0.6) is 0 Å². The zero-order valence-corrected chi connectivity index (χ0v) is 13.5. The van der Waals surface area contributed by atoms with Gasteiger partial charge in [-0.15, -0.1) is 11.8 Å². The summed E-state index contributed by atoms with van der Waals surface area (Å²) >= 11 is 1.70.